The Hall–Kier alpha value is -1.06. The summed E-state index contributed by atoms with van der Waals surface area (Å²) in [6, 6.07) is 7.59. The predicted molar refractivity (Wildman–Crippen MR) is 84.2 cm³/mol. The molecule has 1 aromatic rings. The van der Waals surface area contributed by atoms with Crippen molar-refractivity contribution in [3.63, 3.8) is 0 Å². The van der Waals surface area contributed by atoms with Crippen LogP contribution in [0, 0.1) is 0 Å². The van der Waals surface area contributed by atoms with Crippen LogP contribution >= 0.6 is 0 Å². The minimum absolute atomic E-state index is 0.444. The number of ether oxygens (including phenoxy) is 1. The van der Waals surface area contributed by atoms with Crippen LogP contribution in [0.5, 0.6) is 5.75 Å². The van der Waals surface area contributed by atoms with Gasteiger partial charge < -0.3 is 15.2 Å². The van der Waals surface area contributed by atoms with Gasteiger partial charge in [0.2, 0.25) is 0 Å². The monoisotopic (exact) mass is 279 g/mol. The number of benzene rings is 1. The molecule has 1 unspecified atom stereocenters. The first-order valence-electron chi connectivity index (χ1n) is 7.80. The number of rotatable bonds is 11. The van der Waals surface area contributed by atoms with Crippen molar-refractivity contribution in [1.82, 2.24) is 5.32 Å². The third-order valence-corrected chi connectivity index (χ3v) is 3.55. The lowest BCUT2D eigenvalue weighted by Crippen LogP contribution is -2.22. The van der Waals surface area contributed by atoms with E-state index in [-0.39, 0.29) is 0 Å². The summed E-state index contributed by atoms with van der Waals surface area (Å²) in [6.45, 7) is 3.84. The molecule has 0 aliphatic carbocycles. The second-order valence-electron chi connectivity index (χ2n) is 5.26. The zero-order valence-corrected chi connectivity index (χ0v) is 12.9. The molecule has 0 radical (unpaired) electrons. The lowest BCUT2D eigenvalue weighted by Gasteiger charge is -2.12. The van der Waals surface area contributed by atoms with Gasteiger partial charge in [-0.3, -0.25) is 0 Å². The molecule has 0 saturated carbocycles. The average molecular weight is 279 g/mol. The molecule has 3 heteroatoms. The van der Waals surface area contributed by atoms with E-state index in [0.717, 1.165) is 17.9 Å². The molecule has 0 aliphatic heterocycles. The van der Waals surface area contributed by atoms with Gasteiger partial charge in [0.25, 0.3) is 0 Å². The van der Waals surface area contributed by atoms with E-state index in [9.17, 15) is 5.11 Å². The summed E-state index contributed by atoms with van der Waals surface area (Å²) in [7, 11) is 1.65. The highest BCUT2D eigenvalue weighted by atomic mass is 16.5. The van der Waals surface area contributed by atoms with Gasteiger partial charge in [-0.2, -0.15) is 0 Å². The van der Waals surface area contributed by atoms with Crippen LogP contribution < -0.4 is 10.1 Å². The zero-order valence-electron chi connectivity index (χ0n) is 12.9. The predicted octanol–water partition coefficient (Wildman–Crippen LogP) is 3.68. The smallest absolute Gasteiger partial charge is 0.118 e. The van der Waals surface area contributed by atoms with E-state index < -0.39 is 6.10 Å². The number of hydrogen-bond donors (Lipinski definition) is 2. The lowest BCUT2D eigenvalue weighted by molar-refractivity contribution is 0.174. The molecular formula is C17H29NO2. The Morgan fingerprint density at radius 3 is 2.35 bits per heavy atom. The summed E-state index contributed by atoms with van der Waals surface area (Å²) in [5.74, 6) is 0.820. The van der Waals surface area contributed by atoms with Gasteiger partial charge in [0.1, 0.15) is 5.75 Å². The Labute approximate surface area is 123 Å². The molecule has 114 valence electrons. The first-order chi connectivity index (χ1) is 9.77. The lowest BCUT2D eigenvalue weighted by atomic mass is 10.1. The summed E-state index contributed by atoms with van der Waals surface area (Å²) in [6.07, 6.45) is 7.36. The van der Waals surface area contributed by atoms with E-state index in [1.165, 1.54) is 38.5 Å². The van der Waals surface area contributed by atoms with Gasteiger partial charge in [-0.05, 0) is 30.7 Å². The van der Waals surface area contributed by atoms with E-state index in [1.54, 1.807) is 7.11 Å². The molecule has 1 atom stereocenters. The van der Waals surface area contributed by atoms with Crippen LogP contribution in [0.25, 0.3) is 0 Å². The topological polar surface area (TPSA) is 41.5 Å². The summed E-state index contributed by atoms with van der Waals surface area (Å²) >= 11 is 0. The maximum atomic E-state index is 10.1. The van der Waals surface area contributed by atoms with Crippen molar-refractivity contribution in [3.8, 4) is 5.75 Å². The third-order valence-electron chi connectivity index (χ3n) is 3.55. The molecule has 0 saturated heterocycles. The van der Waals surface area contributed by atoms with Crippen molar-refractivity contribution in [3.05, 3.63) is 29.8 Å². The highest BCUT2D eigenvalue weighted by Crippen LogP contribution is 2.16. The SMILES string of the molecule is CCCCCCCCNCC(O)c1ccc(OC)cc1. The van der Waals surface area contributed by atoms with E-state index in [0.29, 0.717) is 6.54 Å². The summed E-state index contributed by atoms with van der Waals surface area (Å²) < 4.78 is 5.11. The number of aliphatic hydroxyl groups excluding tert-OH is 1. The molecule has 2 N–H and O–H groups in total. The van der Waals surface area contributed by atoms with Crippen LogP contribution in [-0.2, 0) is 0 Å². The van der Waals surface area contributed by atoms with Crippen LogP contribution in [0.3, 0.4) is 0 Å². The number of aliphatic hydroxyl groups is 1. The van der Waals surface area contributed by atoms with Crippen LogP contribution in [0.2, 0.25) is 0 Å². The van der Waals surface area contributed by atoms with Crippen molar-refractivity contribution in [1.29, 1.82) is 0 Å². The molecular weight excluding hydrogens is 250 g/mol. The Morgan fingerprint density at radius 1 is 1.05 bits per heavy atom. The second kappa shape index (κ2) is 10.7. The van der Waals surface area contributed by atoms with Crippen molar-refractivity contribution in [2.75, 3.05) is 20.2 Å². The first kappa shape index (κ1) is 17.0. The Kier molecular flexibility index (Phi) is 9.09. The zero-order chi connectivity index (χ0) is 14.6. The number of methoxy groups -OCH3 is 1. The molecule has 0 spiro atoms. The Balaban J connectivity index is 2.08. The maximum Gasteiger partial charge on any atom is 0.118 e. The molecule has 0 amide bonds. The number of nitrogens with one attached hydrogen (secondary N) is 1. The molecule has 20 heavy (non-hydrogen) atoms. The van der Waals surface area contributed by atoms with Gasteiger partial charge in [0, 0.05) is 6.54 Å². The molecule has 0 aromatic heterocycles. The minimum Gasteiger partial charge on any atom is -0.497 e. The fourth-order valence-corrected chi connectivity index (χ4v) is 2.21. The molecule has 0 fully saturated rings. The van der Waals surface area contributed by atoms with Gasteiger partial charge in [-0.25, -0.2) is 0 Å². The highest BCUT2D eigenvalue weighted by Gasteiger charge is 2.06. The largest absolute Gasteiger partial charge is 0.497 e. The third kappa shape index (κ3) is 6.92. The molecule has 3 nitrogen and oxygen atoms in total. The Morgan fingerprint density at radius 2 is 1.70 bits per heavy atom. The van der Waals surface area contributed by atoms with E-state index in [2.05, 4.69) is 12.2 Å². The molecule has 0 aliphatic rings. The standard InChI is InChI=1S/C17H29NO2/c1-3-4-5-6-7-8-13-18-14-17(19)15-9-11-16(20-2)12-10-15/h9-12,17-19H,3-8,13-14H2,1-2H3. The molecule has 0 bridgehead atoms. The van der Waals surface area contributed by atoms with E-state index in [4.69, 9.17) is 4.74 Å². The van der Waals surface area contributed by atoms with Gasteiger partial charge in [0.05, 0.1) is 13.2 Å². The fourth-order valence-electron chi connectivity index (χ4n) is 2.21. The van der Waals surface area contributed by atoms with Gasteiger partial charge in [-0.1, -0.05) is 51.2 Å². The molecule has 1 aromatic carbocycles. The Bertz CT molecular complexity index is 337. The molecule has 0 heterocycles. The minimum atomic E-state index is -0.444. The van der Waals surface area contributed by atoms with Crippen molar-refractivity contribution >= 4 is 0 Å². The summed E-state index contributed by atoms with van der Waals surface area (Å²) in [5, 5.41) is 13.4. The van der Waals surface area contributed by atoms with Gasteiger partial charge >= 0.3 is 0 Å². The maximum absolute atomic E-state index is 10.1. The fraction of sp³-hybridized carbons (Fsp3) is 0.647. The first-order valence-corrected chi connectivity index (χ1v) is 7.80. The van der Waals surface area contributed by atoms with E-state index in [1.807, 2.05) is 24.3 Å². The summed E-state index contributed by atoms with van der Waals surface area (Å²) in [5.41, 5.74) is 0.932. The number of unbranched alkanes of at least 4 members (excludes halogenated alkanes) is 5. The van der Waals surface area contributed by atoms with Crippen LogP contribution in [-0.4, -0.2) is 25.3 Å². The van der Waals surface area contributed by atoms with Crippen LogP contribution in [0.4, 0.5) is 0 Å². The normalized spacial score (nSPS) is 12.3. The summed E-state index contributed by atoms with van der Waals surface area (Å²) in [4.78, 5) is 0. The van der Waals surface area contributed by atoms with Gasteiger partial charge in [-0.15, -0.1) is 0 Å². The second-order valence-corrected chi connectivity index (χ2v) is 5.26. The van der Waals surface area contributed by atoms with Crippen molar-refractivity contribution in [2.24, 2.45) is 0 Å². The van der Waals surface area contributed by atoms with Crippen molar-refractivity contribution < 1.29 is 9.84 Å². The average Bonchev–Trinajstić information content (AvgIpc) is 2.50. The van der Waals surface area contributed by atoms with Gasteiger partial charge in [0.15, 0.2) is 0 Å². The van der Waals surface area contributed by atoms with Crippen LogP contribution in [0.15, 0.2) is 24.3 Å². The van der Waals surface area contributed by atoms with Crippen molar-refractivity contribution in [2.45, 2.75) is 51.6 Å². The molecule has 1 rings (SSSR count). The number of hydrogen-bond acceptors (Lipinski definition) is 3. The van der Waals surface area contributed by atoms with Crippen LogP contribution in [0.1, 0.15) is 57.1 Å². The quantitative estimate of drug-likeness (QED) is 0.607. The van der Waals surface area contributed by atoms with E-state index >= 15 is 0 Å². The highest BCUT2D eigenvalue weighted by molar-refractivity contribution is 5.28.